The fraction of sp³-hybridized carbons (Fsp3) is 0.308. The van der Waals surface area contributed by atoms with E-state index in [1.54, 1.807) is 38.1 Å². The topological polar surface area (TPSA) is 112 Å². The van der Waals surface area contributed by atoms with Crippen LogP contribution in [-0.2, 0) is 30.4 Å². The molecule has 0 fully saturated rings. The molecule has 2 N–H and O–H groups in total. The maximum atomic E-state index is 13.2. The molecule has 0 radical (unpaired) electrons. The van der Waals surface area contributed by atoms with E-state index in [0.717, 1.165) is 5.56 Å². The van der Waals surface area contributed by atoms with Gasteiger partial charge in [-0.25, -0.2) is 9.59 Å². The van der Waals surface area contributed by atoms with Crippen LogP contribution in [0.5, 0.6) is 0 Å². The van der Waals surface area contributed by atoms with Crippen LogP contribution >= 0.6 is 0 Å². The minimum atomic E-state index is -0.793. The molecule has 1 aliphatic rings. The molecule has 0 spiro atoms. The van der Waals surface area contributed by atoms with Crippen LogP contribution in [0, 0.1) is 5.21 Å². The standard InChI is InChI=1S/C26H30N3O6/c1-17-22(25(30)33-3)24(20-11-8-12-21(15-20)29(32)34-4)23(18(2)28-17)26(31)35-14-13-27-16-19-9-6-5-7-10-19/h5-12,15,24,27-28H,13-14,16H2,1-4H3/q-1. The average molecular weight is 481 g/mol. The van der Waals surface area contributed by atoms with Crippen molar-refractivity contribution in [3.63, 3.8) is 0 Å². The Bertz CT molecular complexity index is 1110. The van der Waals surface area contributed by atoms with Gasteiger partial charge in [0.2, 0.25) is 0 Å². The fourth-order valence-corrected chi connectivity index (χ4v) is 4.02. The summed E-state index contributed by atoms with van der Waals surface area (Å²) in [6.07, 6.45) is 0. The quantitative estimate of drug-likeness (QED) is 0.300. The summed E-state index contributed by atoms with van der Waals surface area (Å²) in [5.74, 6) is -1.94. The monoisotopic (exact) mass is 480 g/mol. The van der Waals surface area contributed by atoms with Crippen molar-refractivity contribution in [2.75, 3.05) is 32.6 Å². The molecule has 0 bridgehead atoms. The van der Waals surface area contributed by atoms with E-state index in [0.29, 0.717) is 35.3 Å². The van der Waals surface area contributed by atoms with Gasteiger partial charge < -0.3 is 30.5 Å². The van der Waals surface area contributed by atoms with Crippen molar-refractivity contribution in [1.82, 2.24) is 10.6 Å². The molecule has 35 heavy (non-hydrogen) atoms. The van der Waals surface area contributed by atoms with E-state index in [-0.39, 0.29) is 23.4 Å². The summed E-state index contributed by atoms with van der Waals surface area (Å²) < 4.78 is 10.6. The number of hydrogen-bond acceptors (Lipinski definition) is 9. The van der Waals surface area contributed by atoms with Crippen LogP contribution in [0.3, 0.4) is 0 Å². The second-order valence-electron chi connectivity index (χ2n) is 7.96. The number of dihydropyridines is 1. The highest BCUT2D eigenvalue weighted by atomic mass is 16.9. The number of ether oxygens (including phenoxy) is 2. The fourth-order valence-electron chi connectivity index (χ4n) is 4.02. The van der Waals surface area contributed by atoms with Gasteiger partial charge in [0, 0.05) is 24.5 Å². The first-order valence-corrected chi connectivity index (χ1v) is 11.2. The average Bonchev–Trinajstić information content (AvgIpc) is 2.87. The van der Waals surface area contributed by atoms with Gasteiger partial charge in [0.05, 0.1) is 37.0 Å². The van der Waals surface area contributed by atoms with E-state index in [2.05, 4.69) is 10.6 Å². The first-order chi connectivity index (χ1) is 16.9. The lowest BCUT2D eigenvalue weighted by atomic mass is 9.80. The highest BCUT2D eigenvalue weighted by Crippen LogP contribution is 2.40. The van der Waals surface area contributed by atoms with Gasteiger partial charge in [0.15, 0.2) is 0 Å². The van der Waals surface area contributed by atoms with Gasteiger partial charge in [-0.3, -0.25) is 4.84 Å². The Morgan fingerprint density at radius 1 is 1.00 bits per heavy atom. The third-order valence-corrected chi connectivity index (χ3v) is 5.65. The van der Waals surface area contributed by atoms with Crippen molar-refractivity contribution >= 4 is 17.6 Å². The maximum Gasteiger partial charge on any atom is 0.336 e. The van der Waals surface area contributed by atoms with Crippen molar-refractivity contribution in [2.24, 2.45) is 0 Å². The van der Waals surface area contributed by atoms with E-state index in [1.807, 2.05) is 30.3 Å². The number of benzene rings is 2. The summed E-state index contributed by atoms with van der Waals surface area (Å²) in [5.41, 5.74) is 3.54. The zero-order valence-corrected chi connectivity index (χ0v) is 20.3. The Hall–Kier alpha value is -3.66. The minimum Gasteiger partial charge on any atom is -0.733 e. The number of nitrogens with one attached hydrogen (secondary N) is 2. The Kier molecular flexibility index (Phi) is 9.02. The van der Waals surface area contributed by atoms with Gasteiger partial charge >= 0.3 is 11.9 Å². The summed E-state index contributed by atoms with van der Waals surface area (Å²) >= 11 is 0. The van der Waals surface area contributed by atoms with Crippen molar-refractivity contribution in [1.29, 1.82) is 0 Å². The van der Waals surface area contributed by atoms with E-state index in [1.165, 1.54) is 14.2 Å². The molecule has 2 aromatic rings. The number of hydrogen-bond donors (Lipinski definition) is 2. The van der Waals surface area contributed by atoms with Crippen LogP contribution < -0.4 is 15.9 Å². The van der Waals surface area contributed by atoms with E-state index < -0.39 is 17.9 Å². The van der Waals surface area contributed by atoms with E-state index in [4.69, 9.17) is 14.3 Å². The molecule has 0 saturated carbocycles. The normalized spacial score (nSPS) is 15.5. The number of nitrogens with zero attached hydrogens (tertiary/aromatic N) is 1. The van der Waals surface area contributed by atoms with Crippen molar-refractivity contribution in [3.05, 3.63) is 93.5 Å². The molecule has 1 aliphatic heterocycles. The maximum absolute atomic E-state index is 13.2. The molecule has 1 heterocycles. The zero-order chi connectivity index (χ0) is 25.4. The van der Waals surface area contributed by atoms with Gasteiger partial charge in [-0.05, 0) is 37.1 Å². The lowest BCUT2D eigenvalue weighted by molar-refractivity contribution is -0.139. The Morgan fingerprint density at radius 2 is 1.69 bits per heavy atom. The molecule has 186 valence electrons. The molecule has 1 atom stereocenters. The molecule has 0 aliphatic carbocycles. The smallest absolute Gasteiger partial charge is 0.336 e. The number of anilines is 1. The van der Waals surface area contributed by atoms with Gasteiger partial charge in [-0.2, -0.15) is 0 Å². The highest BCUT2D eigenvalue weighted by Gasteiger charge is 2.37. The number of esters is 2. The summed E-state index contributed by atoms with van der Waals surface area (Å²) in [6.45, 7) is 4.73. The van der Waals surface area contributed by atoms with Gasteiger partial charge in [-0.1, -0.05) is 42.5 Å². The number of rotatable bonds is 10. The van der Waals surface area contributed by atoms with E-state index in [9.17, 15) is 14.8 Å². The second-order valence-corrected chi connectivity index (χ2v) is 7.96. The predicted molar refractivity (Wildman–Crippen MR) is 132 cm³/mol. The second kappa shape index (κ2) is 12.2. The van der Waals surface area contributed by atoms with E-state index >= 15 is 0 Å². The number of allylic oxidation sites excluding steroid dienone is 2. The third-order valence-electron chi connectivity index (χ3n) is 5.65. The molecular formula is C26H30N3O6-. The molecule has 0 saturated heterocycles. The Balaban J connectivity index is 1.82. The van der Waals surface area contributed by atoms with Crippen LogP contribution in [0.25, 0.3) is 0 Å². The van der Waals surface area contributed by atoms with Gasteiger partial charge in [-0.15, -0.1) is 0 Å². The van der Waals surface area contributed by atoms with Crippen LogP contribution in [-0.4, -0.2) is 39.3 Å². The Labute approximate surface area is 204 Å². The number of carbonyl (C=O) groups excluding carboxylic acids is 2. The lowest BCUT2D eigenvalue weighted by Gasteiger charge is -2.32. The minimum absolute atomic E-state index is 0.142. The lowest BCUT2D eigenvalue weighted by Crippen LogP contribution is -2.33. The molecule has 9 heteroatoms. The number of methoxy groups -OCH3 is 1. The molecule has 2 aromatic carbocycles. The van der Waals surface area contributed by atoms with Gasteiger partial charge in [0.1, 0.15) is 6.61 Å². The first-order valence-electron chi connectivity index (χ1n) is 11.2. The molecule has 1 unspecified atom stereocenters. The van der Waals surface area contributed by atoms with Crippen molar-refractivity contribution in [2.45, 2.75) is 26.3 Å². The summed E-state index contributed by atoms with van der Waals surface area (Å²) in [6, 6.07) is 16.4. The van der Waals surface area contributed by atoms with Crippen LogP contribution in [0.2, 0.25) is 0 Å². The SMILES string of the molecule is COC(=O)C1=C(C)NC(C)=C(C(=O)OCCNCc2ccccc2)C1c1cccc(N([O-])OC)c1. The zero-order valence-electron chi connectivity index (χ0n) is 20.3. The third kappa shape index (κ3) is 6.27. The predicted octanol–water partition coefficient (Wildman–Crippen LogP) is 3.29. The van der Waals surface area contributed by atoms with Crippen LogP contribution in [0.4, 0.5) is 5.69 Å². The largest absolute Gasteiger partial charge is 0.733 e. The Morgan fingerprint density at radius 3 is 2.34 bits per heavy atom. The summed E-state index contributed by atoms with van der Waals surface area (Å²) in [5, 5.41) is 18.7. The molecule has 0 amide bonds. The van der Waals surface area contributed by atoms with Crippen molar-refractivity contribution in [3.8, 4) is 0 Å². The summed E-state index contributed by atoms with van der Waals surface area (Å²) in [4.78, 5) is 30.7. The molecule has 9 nitrogen and oxygen atoms in total. The molecular weight excluding hydrogens is 450 g/mol. The molecule has 0 aromatic heterocycles. The molecule has 3 rings (SSSR count). The highest BCUT2D eigenvalue weighted by molar-refractivity contribution is 5.99. The summed E-state index contributed by atoms with van der Waals surface area (Å²) in [7, 11) is 2.54. The van der Waals surface area contributed by atoms with Crippen molar-refractivity contribution < 1.29 is 23.9 Å². The van der Waals surface area contributed by atoms with Crippen LogP contribution in [0.1, 0.15) is 30.9 Å². The van der Waals surface area contributed by atoms with Crippen LogP contribution in [0.15, 0.2) is 77.1 Å². The number of carbonyl (C=O) groups is 2. The van der Waals surface area contributed by atoms with Gasteiger partial charge in [0.25, 0.3) is 0 Å². The first kappa shape index (κ1) is 26.0.